The Morgan fingerprint density at radius 2 is 1.78 bits per heavy atom. The number of nitrogens with zero attached hydrogens (tertiary/aromatic N) is 6. The molecule has 0 saturated carbocycles. The van der Waals surface area contributed by atoms with Gasteiger partial charge in [0.1, 0.15) is 18.5 Å². The second kappa shape index (κ2) is 9.39. The van der Waals surface area contributed by atoms with E-state index in [1.54, 1.807) is 30.3 Å². The molecule has 5 rings (SSSR count). The van der Waals surface area contributed by atoms with Crippen LogP contribution in [0.3, 0.4) is 0 Å². The molecule has 0 aliphatic heterocycles. The first-order chi connectivity index (χ1) is 17.7. The Bertz CT molecular complexity index is 1760. The van der Waals surface area contributed by atoms with Crippen LogP contribution in [0.25, 0.3) is 22.1 Å². The number of imidazole rings is 1. The molecule has 190 valence electrons. The third-order valence-electron chi connectivity index (χ3n) is 6.08. The van der Waals surface area contributed by atoms with Crippen molar-refractivity contribution >= 4 is 33.7 Å². The summed E-state index contributed by atoms with van der Waals surface area (Å²) >= 11 is 0. The zero-order valence-corrected chi connectivity index (χ0v) is 20.4. The lowest BCUT2D eigenvalue weighted by atomic mass is 10.2. The summed E-state index contributed by atoms with van der Waals surface area (Å²) in [5.41, 5.74) is 0.974. The molecule has 3 heterocycles. The molecule has 0 fully saturated rings. The van der Waals surface area contributed by atoms with Gasteiger partial charge in [0.15, 0.2) is 16.9 Å². The highest BCUT2D eigenvalue weighted by Crippen LogP contribution is 2.36. The molecule has 0 aliphatic carbocycles. The number of fused-ring (bicyclic) bond motifs is 2. The van der Waals surface area contributed by atoms with Crippen LogP contribution in [0.1, 0.15) is 5.56 Å². The number of benzene rings is 2. The van der Waals surface area contributed by atoms with E-state index in [1.165, 1.54) is 23.2 Å². The van der Waals surface area contributed by atoms with Gasteiger partial charge in [-0.15, -0.1) is 10.2 Å². The van der Waals surface area contributed by atoms with Gasteiger partial charge in [-0.2, -0.15) is 4.98 Å². The van der Waals surface area contributed by atoms with Crippen LogP contribution in [-0.2, 0) is 20.6 Å². The van der Waals surface area contributed by atoms with Crippen LogP contribution in [0.15, 0.2) is 68.3 Å². The molecule has 3 aromatic heterocycles. The lowest BCUT2D eigenvalue weighted by Crippen LogP contribution is -2.38. The second-order valence-corrected chi connectivity index (χ2v) is 8.75. The molecule has 2 aromatic carbocycles. The monoisotopic (exact) mass is 503 g/mol. The molecule has 3 N–H and O–H groups in total. The summed E-state index contributed by atoms with van der Waals surface area (Å²) in [5.74, 6) is 0.392. The number of aromatic hydroxyl groups is 1. The third-order valence-corrected chi connectivity index (χ3v) is 6.08. The maximum atomic E-state index is 13.0. The Morgan fingerprint density at radius 1 is 1.05 bits per heavy atom. The first-order valence-corrected chi connectivity index (χ1v) is 11.5. The van der Waals surface area contributed by atoms with Crippen molar-refractivity contribution in [1.82, 2.24) is 23.7 Å². The maximum Gasteiger partial charge on any atom is 0.332 e. The summed E-state index contributed by atoms with van der Waals surface area (Å²) in [6.45, 7) is 1.79. The number of aliphatic hydroxyl groups excluding tert-OH is 1. The van der Waals surface area contributed by atoms with E-state index < -0.39 is 17.4 Å². The van der Waals surface area contributed by atoms with Crippen LogP contribution in [-0.4, -0.2) is 46.6 Å². The molecule has 12 nitrogen and oxygen atoms in total. The molecule has 0 saturated heterocycles. The minimum absolute atomic E-state index is 0.0210. The Morgan fingerprint density at radius 3 is 2.54 bits per heavy atom. The fourth-order valence-corrected chi connectivity index (χ4v) is 4.08. The van der Waals surface area contributed by atoms with E-state index in [0.717, 1.165) is 10.1 Å². The fourth-order valence-electron chi connectivity index (χ4n) is 4.08. The number of azo groups is 1. The van der Waals surface area contributed by atoms with Crippen molar-refractivity contribution < 1.29 is 14.9 Å². The normalized spacial score (nSPS) is 12.6. The number of rotatable bonds is 7. The standard InChI is InChI=1S/C25H25N7O5/c1-14-8-10-16(11-9-14)37-13-15(33)12-32-20-21(30(2)25(36)31(3)23(20)35)27-24(32)29-28-19-17-6-4-5-7-18(17)26-22(19)34/h4-11,15,26,33-34H,12-13H2,1-3H3. The summed E-state index contributed by atoms with van der Waals surface area (Å²) < 4.78 is 9.28. The van der Waals surface area contributed by atoms with E-state index in [-0.39, 0.29) is 41.8 Å². The van der Waals surface area contributed by atoms with Gasteiger partial charge in [0, 0.05) is 19.5 Å². The molecule has 0 amide bonds. The molecular weight excluding hydrogens is 478 g/mol. The summed E-state index contributed by atoms with van der Waals surface area (Å²) in [6.07, 6.45) is -1.05. The van der Waals surface area contributed by atoms with Crippen LogP contribution < -0.4 is 16.0 Å². The predicted octanol–water partition coefficient (Wildman–Crippen LogP) is 2.78. The first kappa shape index (κ1) is 24.0. The minimum atomic E-state index is -1.05. The smallest absolute Gasteiger partial charge is 0.332 e. The van der Waals surface area contributed by atoms with Gasteiger partial charge in [-0.25, -0.2) is 4.79 Å². The van der Waals surface area contributed by atoms with Crippen molar-refractivity contribution in [2.75, 3.05) is 6.61 Å². The number of para-hydroxylation sites is 1. The van der Waals surface area contributed by atoms with Gasteiger partial charge in [-0.05, 0) is 25.1 Å². The van der Waals surface area contributed by atoms with E-state index in [1.807, 2.05) is 25.1 Å². The molecule has 1 unspecified atom stereocenters. The molecule has 1 atom stereocenters. The van der Waals surface area contributed by atoms with E-state index in [9.17, 15) is 19.8 Å². The molecule has 0 bridgehead atoms. The summed E-state index contributed by atoms with van der Waals surface area (Å²) in [5, 5.41) is 30.1. The van der Waals surface area contributed by atoms with Crippen LogP contribution in [0.5, 0.6) is 11.6 Å². The number of hydrogen-bond acceptors (Lipinski definition) is 8. The van der Waals surface area contributed by atoms with Gasteiger partial charge in [-0.1, -0.05) is 35.9 Å². The molecular formula is C25H25N7O5. The Labute approximate surface area is 209 Å². The first-order valence-electron chi connectivity index (χ1n) is 11.5. The molecule has 5 aromatic rings. The number of aliphatic hydroxyl groups is 1. The van der Waals surface area contributed by atoms with Gasteiger partial charge in [0.05, 0.1) is 12.1 Å². The Kier molecular flexibility index (Phi) is 6.09. The van der Waals surface area contributed by atoms with Crippen LogP contribution in [0.4, 0.5) is 11.6 Å². The van der Waals surface area contributed by atoms with Crippen LogP contribution in [0.2, 0.25) is 0 Å². The zero-order chi connectivity index (χ0) is 26.3. The van der Waals surface area contributed by atoms with Crippen molar-refractivity contribution in [2.45, 2.75) is 19.6 Å². The highest BCUT2D eigenvalue weighted by molar-refractivity contribution is 5.94. The lowest BCUT2D eigenvalue weighted by molar-refractivity contribution is 0.0937. The fraction of sp³-hybridized carbons (Fsp3) is 0.240. The molecule has 12 heteroatoms. The van der Waals surface area contributed by atoms with E-state index >= 15 is 0 Å². The largest absolute Gasteiger partial charge is 0.493 e. The van der Waals surface area contributed by atoms with Crippen LogP contribution >= 0.6 is 0 Å². The number of aryl methyl sites for hydroxylation is 2. The summed E-state index contributed by atoms with van der Waals surface area (Å²) in [6, 6.07) is 14.6. The highest BCUT2D eigenvalue weighted by atomic mass is 16.5. The Hall–Kier alpha value is -4.71. The Balaban J connectivity index is 1.55. The zero-order valence-electron chi connectivity index (χ0n) is 20.4. The molecule has 0 aliphatic rings. The number of aromatic nitrogens is 5. The van der Waals surface area contributed by atoms with Crippen molar-refractivity contribution in [1.29, 1.82) is 0 Å². The lowest BCUT2D eigenvalue weighted by Gasteiger charge is -2.14. The molecule has 0 radical (unpaired) electrons. The summed E-state index contributed by atoms with van der Waals surface area (Å²) in [4.78, 5) is 32.7. The number of nitrogens with one attached hydrogen (secondary N) is 1. The topological polar surface area (TPSA) is 152 Å². The van der Waals surface area contributed by atoms with E-state index in [0.29, 0.717) is 16.7 Å². The van der Waals surface area contributed by atoms with Crippen molar-refractivity contribution in [3.8, 4) is 11.6 Å². The SMILES string of the molecule is Cc1ccc(OCC(O)Cn2c(N=Nc3c(O)[nH]c4ccccc34)nc3c2c(=O)n(C)c(=O)n3C)cc1. The van der Waals surface area contributed by atoms with Gasteiger partial charge in [-0.3, -0.25) is 18.5 Å². The highest BCUT2D eigenvalue weighted by Gasteiger charge is 2.22. The maximum absolute atomic E-state index is 13.0. The molecule has 37 heavy (non-hydrogen) atoms. The number of aromatic amines is 1. The number of H-pyrrole nitrogens is 1. The van der Waals surface area contributed by atoms with E-state index in [4.69, 9.17) is 4.74 Å². The van der Waals surface area contributed by atoms with Crippen LogP contribution in [0, 0.1) is 6.92 Å². The van der Waals surface area contributed by atoms with Gasteiger partial charge in [0.2, 0.25) is 5.88 Å². The average molecular weight is 504 g/mol. The predicted molar refractivity (Wildman–Crippen MR) is 137 cm³/mol. The van der Waals surface area contributed by atoms with Crippen molar-refractivity contribution in [2.24, 2.45) is 24.3 Å². The van der Waals surface area contributed by atoms with E-state index in [2.05, 4.69) is 20.2 Å². The third kappa shape index (κ3) is 4.38. The van der Waals surface area contributed by atoms with Gasteiger partial charge >= 0.3 is 5.69 Å². The van der Waals surface area contributed by atoms with Gasteiger partial charge < -0.3 is 19.9 Å². The number of ether oxygens (including phenoxy) is 1. The summed E-state index contributed by atoms with van der Waals surface area (Å²) in [7, 11) is 2.86. The average Bonchev–Trinajstić information content (AvgIpc) is 3.41. The minimum Gasteiger partial charge on any atom is -0.493 e. The molecule has 0 spiro atoms. The second-order valence-electron chi connectivity index (χ2n) is 8.75. The van der Waals surface area contributed by atoms with Gasteiger partial charge in [0.25, 0.3) is 11.5 Å². The van der Waals surface area contributed by atoms with Crippen molar-refractivity contribution in [3.63, 3.8) is 0 Å². The number of hydrogen-bond donors (Lipinski definition) is 3. The van der Waals surface area contributed by atoms with Crippen molar-refractivity contribution in [3.05, 3.63) is 74.9 Å². The quantitative estimate of drug-likeness (QED) is 0.291.